The number of rotatable bonds is 3. The van der Waals surface area contributed by atoms with Crippen molar-refractivity contribution < 1.29 is 4.74 Å². The minimum Gasteiger partial charge on any atom is -0.488 e. The van der Waals surface area contributed by atoms with Crippen molar-refractivity contribution >= 4 is 22.9 Å². The van der Waals surface area contributed by atoms with E-state index in [2.05, 4.69) is 50.9 Å². The molecule has 0 bridgehead atoms. The summed E-state index contributed by atoms with van der Waals surface area (Å²) in [6.07, 6.45) is 1.76. The molecule has 0 saturated heterocycles. The number of halogens is 1. The third-order valence-corrected chi connectivity index (χ3v) is 3.93. The Kier molecular flexibility index (Phi) is 4.16. The van der Waals surface area contributed by atoms with Crippen molar-refractivity contribution in [2.24, 2.45) is 0 Å². The summed E-state index contributed by atoms with van der Waals surface area (Å²) >= 11 is 7.28. The lowest BCUT2D eigenvalue weighted by molar-refractivity contribution is 0.300. The van der Waals surface area contributed by atoms with E-state index in [0.717, 1.165) is 10.6 Å². The summed E-state index contributed by atoms with van der Waals surface area (Å²) in [4.78, 5) is 5.06. The first-order valence-electron chi connectivity index (χ1n) is 6.20. The molecule has 0 unspecified atom stereocenters. The number of hydrogen-bond donors (Lipinski definition) is 0. The second kappa shape index (κ2) is 5.51. The molecule has 0 radical (unpaired) electrons. The standard InChI is InChI=1S/C15H18ClNOS/c1-10-5-6-12(15(2,3)4)13(7-10)18-9-11-8-17-14(16)19-11/h5-8H,9H2,1-4H3. The fraction of sp³-hybridized carbons (Fsp3) is 0.400. The molecule has 1 aromatic heterocycles. The lowest BCUT2D eigenvalue weighted by Crippen LogP contribution is -2.13. The van der Waals surface area contributed by atoms with Crippen molar-refractivity contribution in [3.8, 4) is 5.75 Å². The van der Waals surface area contributed by atoms with Crippen LogP contribution in [0.15, 0.2) is 24.4 Å². The van der Waals surface area contributed by atoms with Crippen LogP contribution in [0.2, 0.25) is 4.47 Å². The normalized spacial score (nSPS) is 11.6. The number of aromatic nitrogens is 1. The topological polar surface area (TPSA) is 22.1 Å². The Morgan fingerprint density at radius 2 is 2.05 bits per heavy atom. The van der Waals surface area contributed by atoms with Crippen LogP contribution in [0.25, 0.3) is 0 Å². The van der Waals surface area contributed by atoms with Gasteiger partial charge in [0.25, 0.3) is 0 Å². The summed E-state index contributed by atoms with van der Waals surface area (Å²) in [6, 6.07) is 6.35. The first-order valence-corrected chi connectivity index (χ1v) is 7.40. The molecule has 4 heteroatoms. The fourth-order valence-electron chi connectivity index (χ4n) is 1.87. The van der Waals surface area contributed by atoms with Crippen LogP contribution in [0.1, 0.15) is 36.8 Å². The Hall–Kier alpha value is -1.06. The smallest absolute Gasteiger partial charge is 0.183 e. The molecule has 0 aliphatic heterocycles. The summed E-state index contributed by atoms with van der Waals surface area (Å²) in [5.41, 5.74) is 2.48. The van der Waals surface area contributed by atoms with Crippen molar-refractivity contribution in [1.29, 1.82) is 0 Å². The van der Waals surface area contributed by atoms with E-state index in [1.54, 1.807) is 6.20 Å². The zero-order chi connectivity index (χ0) is 14.0. The van der Waals surface area contributed by atoms with Crippen molar-refractivity contribution in [1.82, 2.24) is 4.98 Å². The van der Waals surface area contributed by atoms with E-state index in [9.17, 15) is 0 Å². The molecule has 0 aliphatic carbocycles. The van der Waals surface area contributed by atoms with Gasteiger partial charge in [0.05, 0.1) is 4.88 Å². The number of nitrogens with zero attached hydrogens (tertiary/aromatic N) is 1. The second-order valence-corrected chi connectivity index (χ2v) is 7.32. The minimum absolute atomic E-state index is 0.0639. The molecule has 0 spiro atoms. The zero-order valence-corrected chi connectivity index (χ0v) is 13.2. The number of aryl methyl sites for hydroxylation is 1. The van der Waals surface area contributed by atoms with Crippen molar-refractivity contribution in [3.05, 3.63) is 44.9 Å². The molecule has 19 heavy (non-hydrogen) atoms. The Balaban J connectivity index is 2.21. The molecule has 0 fully saturated rings. The van der Waals surface area contributed by atoms with E-state index in [-0.39, 0.29) is 5.41 Å². The highest BCUT2D eigenvalue weighted by molar-refractivity contribution is 7.15. The van der Waals surface area contributed by atoms with Crippen LogP contribution >= 0.6 is 22.9 Å². The third kappa shape index (κ3) is 3.71. The van der Waals surface area contributed by atoms with Crippen LogP contribution in [0, 0.1) is 6.92 Å². The van der Waals surface area contributed by atoms with E-state index in [0.29, 0.717) is 11.1 Å². The predicted molar refractivity (Wildman–Crippen MR) is 81.3 cm³/mol. The van der Waals surface area contributed by atoms with Crippen LogP contribution < -0.4 is 4.74 Å². The summed E-state index contributed by atoms with van der Waals surface area (Å²) < 4.78 is 6.51. The Bertz CT molecular complexity index is 572. The maximum Gasteiger partial charge on any atom is 0.183 e. The number of benzene rings is 1. The van der Waals surface area contributed by atoms with Gasteiger partial charge in [0.15, 0.2) is 4.47 Å². The van der Waals surface area contributed by atoms with Gasteiger partial charge in [0.2, 0.25) is 0 Å². The molecule has 0 aliphatic rings. The van der Waals surface area contributed by atoms with Crippen LogP contribution in [0.3, 0.4) is 0 Å². The molecule has 0 amide bonds. The highest BCUT2D eigenvalue weighted by atomic mass is 35.5. The van der Waals surface area contributed by atoms with Gasteiger partial charge in [-0.05, 0) is 29.5 Å². The van der Waals surface area contributed by atoms with E-state index < -0.39 is 0 Å². The summed E-state index contributed by atoms with van der Waals surface area (Å²) in [5.74, 6) is 0.942. The lowest BCUT2D eigenvalue weighted by Gasteiger charge is -2.23. The van der Waals surface area contributed by atoms with E-state index >= 15 is 0 Å². The van der Waals surface area contributed by atoms with Gasteiger partial charge in [-0.2, -0.15) is 0 Å². The Morgan fingerprint density at radius 1 is 1.32 bits per heavy atom. The van der Waals surface area contributed by atoms with Gasteiger partial charge in [-0.25, -0.2) is 4.98 Å². The molecular formula is C15H18ClNOS. The van der Waals surface area contributed by atoms with Gasteiger partial charge >= 0.3 is 0 Å². The molecule has 1 aromatic carbocycles. The molecule has 0 atom stereocenters. The van der Waals surface area contributed by atoms with Crippen LogP contribution in [0.5, 0.6) is 5.75 Å². The largest absolute Gasteiger partial charge is 0.488 e. The molecule has 0 saturated carbocycles. The van der Waals surface area contributed by atoms with E-state index in [1.165, 1.54) is 22.5 Å². The second-order valence-electron chi connectivity index (χ2n) is 5.62. The summed E-state index contributed by atoms with van der Waals surface area (Å²) in [6.45, 7) is 9.15. The highest BCUT2D eigenvalue weighted by Crippen LogP contribution is 2.33. The number of ether oxygens (including phenoxy) is 1. The first kappa shape index (κ1) is 14.4. The van der Waals surface area contributed by atoms with E-state index in [1.807, 2.05) is 0 Å². The maximum absolute atomic E-state index is 5.96. The summed E-state index contributed by atoms with van der Waals surface area (Å²) in [7, 11) is 0. The highest BCUT2D eigenvalue weighted by Gasteiger charge is 2.19. The molecule has 1 heterocycles. The summed E-state index contributed by atoms with van der Waals surface area (Å²) in [5, 5.41) is 0. The SMILES string of the molecule is Cc1ccc(C(C)(C)C)c(OCc2cnc(Cl)s2)c1. The van der Waals surface area contributed by atoms with Crippen LogP contribution in [-0.2, 0) is 12.0 Å². The van der Waals surface area contributed by atoms with E-state index in [4.69, 9.17) is 16.3 Å². The van der Waals surface area contributed by atoms with Gasteiger partial charge in [-0.15, -0.1) is 11.3 Å². The monoisotopic (exact) mass is 295 g/mol. The zero-order valence-electron chi connectivity index (χ0n) is 11.7. The predicted octanol–water partition coefficient (Wildman–Crippen LogP) is 4.98. The fourth-order valence-corrected chi connectivity index (χ4v) is 2.76. The quantitative estimate of drug-likeness (QED) is 0.796. The van der Waals surface area contributed by atoms with Crippen molar-refractivity contribution in [2.75, 3.05) is 0 Å². The minimum atomic E-state index is 0.0639. The molecular weight excluding hydrogens is 278 g/mol. The van der Waals surface area contributed by atoms with Gasteiger partial charge in [0, 0.05) is 6.20 Å². The van der Waals surface area contributed by atoms with Crippen molar-refractivity contribution in [2.45, 2.75) is 39.7 Å². The van der Waals surface area contributed by atoms with Crippen LogP contribution in [0.4, 0.5) is 0 Å². The molecule has 102 valence electrons. The number of thiazole rings is 1. The Morgan fingerprint density at radius 3 is 2.63 bits per heavy atom. The average molecular weight is 296 g/mol. The molecule has 2 aromatic rings. The molecule has 2 nitrogen and oxygen atoms in total. The van der Waals surface area contributed by atoms with Gasteiger partial charge in [-0.3, -0.25) is 0 Å². The van der Waals surface area contributed by atoms with Gasteiger partial charge in [-0.1, -0.05) is 44.5 Å². The average Bonchev–Trinajstić information content (AvgIpc) is 2.71. The first-order chi connectivity index (χ1) is 8.86. The lowest BCUT2D eigenvalue weighted by atomic mass is 9.86. The number of hydrogen-bond acceptors (Lipinski definition) is 3. The Labute approximate surface area is 123 Å². The van der Waals surface area contributed by atoms with Gasteiger partial charge in [0.1, 0.15) is 12.4 Å². The maximum atomic E-state index is 5.96. The van der Waals surface area contributed by atoms with Gasteiger partial charge < -0.3 is 4.74 Å². The molecule has 2 rings (SSSR count). The van der Waals surface area contributed by atoms with Crippen molar-refractivity contribution in [3.63, 3.8) is 0 Å². The third-order valence-electron chi connectivity index (χ3n) is 2.84. The molecule has 0 N–H and O–H groups in total. The van der Waals surface area contributed by atoms with Crippen LogP contribution in [-0.4, -0.2) is 4.98 Å².